The molecule has 0 unspecified atom stereocenters. The Kier molecular flexibility index (Phi) is 7.82. The fraction of sp³-hybridized carbons (Fsp3) is 0.276. The van der Waals surface area contributed by atoms with Gasteiger partial charge in [0, 0.05) is 17.0 Å². The molecule has 0 spiro atoms. The number of benzene rings is 3. The number of hydrogen-bond donors (Lipinski definition) is 1. The fourth-order valence-electron chi connectivity index (χ4n) is 4.45. The number of nitrogens with one attached hydrogen (secondary N) is 1. The van der Waals surface area contributed by atoms with Crippen LogP contribution >= 0.6 is 11.6 Å². The van der Waals surface area contributed by atoms with Gasteiger partial charge in [-0.3, -0.25) is 0 Å². The molecule has 40 heavy (non-hydrogen) atoms. The molecule has 2 heterocycles. The number of rotatable bonds is 10. The first-order valence-electron chi connectivity index (χ1n) is 13.0. The van der Waals surface area contributed by atoms with Gasteiger partial charge in [-0.25, -0.2) is 13.4 Å². The molecule has 3 aromatic carbocycles. The average molecular weight is 580 g/mol. The minimum Gasteiger partial charge on any atom is -0.490 e. The van der Waals surface area contributed by atoms with E-state index in [1.54, 1.807) is 36.4 Å². The van der Waals surface area contributed by atoms with Gasteiger partial charge in [0.05, 0.1) is 23.6 Å². The Morgan fingerprint density at radius 2 is 1.70 bits per heavy atom. The van der Waals surface area contributed by atoms with Crippen molar-refractivity contribution in [1.29, 1.82) is 0 Å². The van der Waals surface area contributed by atoms with Crippen LogP contribution in [0.1, 0.15) is 30.5 Å². The number of nitrogens with zero attached hydrogens (tertiary/aromatic N) is 4. The summed E-state index contributed by atoms with van der Waals surface area (Å²) in [4.78, 5) is 4.84. The van der Waals surface area contributed by atoms with Crippen LogP contribution in [0.15, 0.2) is 64.5 Å². The lowest BCUT2D eigenvalue weighted by atomic mass is 10.1. The molecule has 0 bridgehead atoms. The van der Waals surface area contributed by atoms with Gasteiger partial charge in [-0.05, 0) is 93.3 Å². The Bertz CT molecular complexity index is 1820. The summed E-state index contributed by atoms with van der Waals surface area (Å²) < 4.78 is 40.1. The minimum absolute atomic E-state index is 0.134. The zero-order chi connectivity index (χ0) is 28.4. The summed E-state index contributed by atoms with van der Waals surface area (Å²) in [5.74, 6) is 1.89. The lowest BCUT2D eigenvalue weighted by Gasteiger charge is -2.13. The van der Waals surface area contributed by atoms with Crippen LogP contribution in [0.4, 0.5) is 5.82 Å². The fourth-order valence-corrected chi connectivity index (χ4v) is 5.94. The predicted molar refractivity (Wildman–Crippen MR) is 156 cm³/mol. The molecule has 1 N–H and O–H groups in total. The molecular weight excluding hydrogens is 550 g/mol. The highest BCUT2D eigenvalue weighted by Crippen LogP contribution is 2.31. The smallest absolute Gasteiger partial charge is 0.229 e. The van der Waals surface area contributed by atoms with E-state index in [1.165, 1.54) is 4.52 Å². The van der Waals surface area contributed by atoms with Crippen LogP contribution in [0, 0.1) is 13.8 Å². The van der Waals surface area contributed by atoms with E-state index in [1.807, 2.05) is 45.9 Å². The van der Waals surface area contributed by atoms with E-state index < -0.39 is 9.84 Å². The van der Waals surface area contributed by atoms with Gasteiger partial charge < -0.3 is 14.8 Å². The van der Waals surface area contributed by atoms with Crippen molar-refractivity contribution in [3.05, 3.63) is 76.3 Å². The van der Waals surface area contributed by atoms with Crippen molar-refractivity contribution >= 4 is 43.8 Å². The maximum absolute atomic E-state index is 13.6. The maximum atomic E-state index is 13.6. The van der Waals surface area contributed by atoms with Gasteiger partial charge in [-0.15, -0.1) is 5.10 Å². The third-order valence-corrected chi connectivity index (χ3v) is 8.52. The second-order valence-electron chi connectivity index (χ2n) is 9.33. The molecule has 5 rings (SSSR count). The van der Waals surface area contributed by atoms with Crippen molar-refractivity contribution in [3.63, 3.8) is 0 Å². The maximum Gasteiger partial charge on any atom is 0.229 e. The Hall–Kier alpha value is -3.89. The molecular formula is C29H30ClN5O4S. The Labute approximate surface area is 238 Å². The molecule has 9 nitrogen and oxygen atoms in total. The van der Waals surface area contributed by atoms with E-state index in [9.17, 15) is 8.42 Å². The first-order chi connectivity index (χ1) is 19.2. The summed E-state index contributed by atoms with van der Waals surface area (Å²) in [6, 6.07) is 16.1. The van der Waals surface area contributed by atoms with Gasteiger partial charge in [-0.1, -0.05) is 28.9 Å². The Balaban J connectivity index is 1.51. The molecule has 2 aromatic heterocycles. The van der Waals surface area contributed by atoms with Crippen molar-refractivity contribution in [2.45, 2.75) is 44.0 Å². The highest BCUT2D eigenvalue weighted by atomic mass is 35.5. The van der Waals surface area contributed by atoms with Crippen molar-refractivity contribution in [1.82, 2.24) is 19.8 Å². The number of aryl methyl sites for hydroxylation is 2. The van der Waals surface area contributed by atoms with Gasteiger partial charge in [0.1, 0.15) is 5.82 Å². The van der Waals surface area contributed by atoms with Crippen LogP contribution in [0.3, 0.4) is 0 Å². The van der Waals surface area contributed by atoms with Crippen LogP contribution in [0.25, 0.3) is 16.6 Å². The summed E-state index contributed by atoms with van der Waals surface area (Å²) >= 11 is 6.32. The Morgan fingerprint density at radius 1 is 0.925 bits per heavy atom. The van der Waals surface area contributed by atoms with Crippen molar-refractivity contribution in [2.24, 2.45) is 0 Å². The van der Waals surface area contributed by atoms with Gasteiger partial charge >= 0.3 is 0 Å². The molecule has 0 saturated heterocycles. The van der Waals surface area contributed by atoms with Gasteiger partial charge in [0.25, 0.3) is 0 Å². The SMILES string of the molecule is CCOc1ccc(CCNc2nc3c(S(=O)(=O)c4ccc(C)c(C)c4)nnn3c3ccc(Cl)cc23)cc1OCC. The molecule has 0 aliphatic carbocycles. The third-order valence-electron chi connectivity index (χ3n) is 6.63. The molecule has 11 heteroatoms. The molecule has 0 aliphatic heterocycles. The van der Waals surface area contributed by atoms with E-state index in [4.69, 9.17) is 26.1 Å². The number of aromatic nitrogens is 4. The number of ether oxygens (including phenoxy) is 2. The van der Waals surface area contributed by atoms with Crippen molar-refractivity contribution < 1.29 is 17.9 Å². The number of sulfone groups is 1. The van der Waals surface area contributed by atoms with Crippen LogP contribution in [-0.4, -0.2) is 48.0 Å². The summed E-state index contributed by atoms with van der Waals surface area (Å²) in [6.45, 7) is 9.27. The van der Waals surface area contributed by atoms with Gasteiger partial charge in [0.2, 0.25) is 14.9 Å². The molecule has 0 saturated carbocycles. The summed E-state index contributed by atoms with van der Waals surface area (Å²) in [5, 5.41) is 12.6. The monoisotopic (exact) mass is 579 g/mol. The van der Waals surface area contributed by atoms with Crippen LogP contribution in [0.5, 0.6) is 11.5 Å². The van der Waals surface area contributed by atoms with E-state index in [-0.39, 0.29) is 15.6 Å². The average Bonchev–Trinajstić information content (AvgIpc) is 3.36. The molecule has 0 atom stereocenters. The zero-order valence-electron chi connectivity index (χ0n) is 22.7. The van der Waals surface area contributed by atoms with Crippen LogP contribution in [0.2, 0.25) is 5.02 Å². The van der Waals surface area contributed by atoms with E-state index in [0.717, 1.165) is 16.7 Å². The number of fused-ring (bicyclic) bond motifs is 3. The predicted octanol–water partition coefficient (Wildman–Crippen LogP) is 5.83. The molecule has 208 valence electrons. The molecule has 5 aromatic rings. The lowest BCUT2D eigenvalue weighted by molar-refractivity contribution is 0.287. The second-order valence-corrected chi connectivity index (χ2v) is 11.6. The summed E-state index contributed by atoms with van der Waals surface area (Å²) in [7, 11) is -3.97. The normalized spacial score (nSPS) is 11.7. The first-order valence-corrected chi connectivity index (χ1v) is 14.9. The number of halogens is 1. The van der Waals surface area contributed by atoms with Crippen molar-refractivity contribution in [2.75, 3.05) is 25.1 Å². The second kappa shape index (κ2) is 11.3. The van der Waals surface area contributed by atoms with E-state index >= 15 is 0 Å². The molecule has 0 radical (unpaired) electrons. The summed E-state index contributed by atoms with van der Waals surface area (Å²) in [5.41, 5.74) is 3.68. The van der Waals surface area contributed by atoms with Gasteiger partial charge in [-0.2, -0.15) is 4.52 Å². The summed E-state index contributed by atoms with van der Waals surface area (Å²) in [6.07, 6.45) is 0.659. The topological polar surface area (TPSA) is 108 Å². The Morgan fingerprint density at radius 3 is 2.45 bits per heavy atom. The number of anilines is 1. The molecule has 0 amide bonds. The largest absolute Gasteiger partial charge is 0.490 e. The quantitative estimate of drug-likeness (QED) is 0.220. The zero-order valence-corrected chi connectivity index (χ0v) is 24.3. The third kappa shape index (κ3) is 5.29. The molecule has 0 fully saturated rings. The molecule has 0 aliphatic rings. The lowest BCUT2D eigenvalue weighted by Crippen LogP contribution is -2.10. The van der Waals surface area contributed by atoms with Crippen LogP contribution < -0.4 is 14.8 Å². The van der Waals surface area contributed by atoms with E-state index in [2.05, 4.69) is 15.6 Å². The highest BCUT2D eigenvalue weighted by molar-refractivity contribution is 7.91. The van der Waals surface area contributed by atoms with E-state index in [0.29, 0.717) is 59.4 Å². The minimum atomic E-state index is -3.97. The number of hydrogen-bond acceptors (Lipinski definition) is 8. The van der Waals surface area contributed by atoms with Crippen LogP contribution in [-0.2, 0) is 16.3 Å². The van der Waals surface area contributed by atoms with Gasteiger partial charge in [0.15, 0.2) is 17.1 Å². The van der Waals surface area contributed by atoms with Crippen molar-refractivity contribution in [3.8, 4) is 11.5 Å². The standard InChI is InChI=1S/C29H30ClN5O4S/c1-5-38-25-12-8-20(16-26(25)39-6-2)13-14-31-27-23-17-21(30)9-11-24(23)35-28(32-27)29(33-34-35)40(36,37)22-10-7-18(3)19(4)15-22/h7-12,15-17H,5-6,13-14H2,1-4H3,(H,31,32). The first kappa shape index (κ1) is 27.7. The highest BCUT2D eigenvalue weighted by Gasteiger charge is 2.27.